The lowest BCUT2D eigenvalue weighted by Gasteiger charge is -2.20. The lowest BCUT2D eigenvalue weighted by Crippen LogP contribution is -2.22. The van der Waals surface area contributed by atoms with Crippen molar-refractivity contribution >= 4 is 0 Å². The third-order valence-electron chi connectivity index (χ3n) is 5.07. The van der Waals surface area contributed by atoms with Gasteiger partial charge in [0.15, 0.2) is 0 Å². The third-order valence-corrected chi connectivity index (χ3v) is 5.07. The zero-order valence-corrected chi connectivity index (χ0v) is 15.1. The molecule has 21 heavy (non-hydrogen) atoms. The summed E-state index contributed by atoms with van der Waals surface area (Å²) in [6.45, 7) is 7.65. The van der Waals surface area contributed by atoms with Gasteiger partial charge in [0.1, 0.15) is 0 Å². The fourth-order valence-corrected chi connectivity index (χ4v) is 3.33. The minimum absolute atomic E-state index is 0.907. The molecule has 1 aliphatic rings. The molecule has 0 spiro atoms. The van der Waals surface area contributed by atoms with Crippen molar-refractivity contribution < 1.29 is 0 Å². The van der Waals surface area contributed by atoms with Crippen LogP contribution in [-0.4, -0.2) is 50.1 Å². The number of rotatable bonds is 0. The van der Waals surface area contributed by atoms with Gasteiger partial charge < -0.3 is 9.80 Å². The van der Waals surface area contributed by atoms with E-state index in [1.165, 1.54) is 96.8 Å². The highest BCUT2D eigenvalue weighted by molar-refractivity contribution is 4.61. The first-order valence-electron chi connectivity index (χ1n) is 9.55. The Morgan fingerprint density at radius 1 is 0.524 bits per heavy atom. The Morgan fingerprint density at radius 3 is 1.52 bits per heavy atom. The molecule has 0 aliphatic carbocycles. The predicted molar refractivity (Wildman–Crippen MR) is 94.9 cm³/mol. The maximum Gasteiger partial charge on any atom is -0.00192 e. The summed E-state index contributed by atoms with van der Waals surface area (Å²) in [6.07, 6.45) is 15.6. The van der Waals surface area contributed by atoms with E-state index in [2.05, 4.69) is 30.8 Å². The van der Waals surface area contributed by atoms with Gasteiger partial charge in [0.25, 0.3) is 0 Å². The second kappa shape index (κ2) is 12.5. The molecule has 1 atom stereocenters. The first-order chi connectivity index (χ1) is 10.2. The molecule has 1 rings (SSSR count). The molecule has 1 saturated heterocycles. The van der Waals surface area contributed by atoms with E-state index in [-0.39, 0.29) is 0 Å². The smallest absolute Gasteiger partial charge is 0.00192 e. The van der Waals surface area contributed by atoms with Gasteiger partial charge in [-0.05, 0) is 71.9 Å². The second-order valence-electron chi connectivity index (χ2n) is 7.47. The van der Waals surface area contributed by atoms with Crippen LogP contribution in [0.3, 0.4) is 0 Å². The van der Waals surface area contributed by atoms with Crippen LogP contribution in [0.4, 0.5) is 0 Å². The summed E-state index contributed by atoms with van der Waals surface area (Å²) in [7, 11) is 4.61. The lowest BCUT2D eigenvalue weighted by atomic mass is 9.99. The summed E-state index contributed by atoms with van der Waals surface area (Å²) in [4.78, 5) is 5.09. The zero-order valence-electron chi connectivity index (χ0n) is 15.1. The van der Waals surface area contributed by atoms with Crippen molar-refractivity contribution in [3.63, 3.8) is 0 Å². The Kier molecular flexibility index (Phi) is 11.3. The largest absolute Gasteiger partial charge is 0.306 e. The van der Waals surface area contributed by atoms with Crippen molar-refractivity contribution in [1.82, 2.24) is 9.80 Å². The van der Waals surface area contributed by atoms with Crippen molar-refractivity contribution in [3.8, 4) is 0 Å². The van der Waals surface area contributed by atoms with E-state index < -0.39 is 0 Å². The normalized spacial score (nSPS) is 27.9. The third kappa shape index (κ3) is 11.2. The minimum atomic E-state index is 0.907. The Morgan fingerprint density at radius 2 is 0.952 bits per heavy atom. The van der Waals surface area contributed by atoms with Gasteiger partial charge in [-0.2, -0.15) is 0 Å². The monoisotopic (exact) mass is 296 g/mol. The standard InChI is InChI=1S/C19H40N2/c1-19-13-9-8-12-16-20(2)15-10-6-4-5-7-11-17-21(3)18-14-19/h19H,4-18H2,1-3H3. The molecule has 0 aromatic rings. The molecule has 0 bridgehead atoms. The van der Waals surface area contributed by atoms with Crippen molar-refractivity contribution in [2.75, 3.05) is 40.3 Å². The predicted octanol–water partition coefficient (Wildman–Crippen LogP) is 4.79. The van der Waals surface area contributed by atoms with Crippen LogP contribution in [0, 0.1) is 5.92 Å². The highest BCUT2D eigenvalue weighted by Crippen LogP contribution is 2.14. The van der Waals surface area contributed by atoms with Crippen molar-refractivity contribution in [2.45, 2.75) is 77.6 Å². The lowest BCUT2D eigenvalue weighted by molar-refractivity contribution is 0.284. The van der Waals surface area contributed by atoms with Crippen LogP contribution >= 0.6 is 0 Å². The number of hydrogen-bond donors (Lipinski definition) is 0. The van der Waals surface area contributed by atoms with Crippen molar-refractivity contribution in [3.05, 3.63) is 0 Å². The molecule has 0 aromatic carbocycles. The molecule has 0 aromatic heterocycles. The molecule has 2 heteroatoms. The summed E-state index contributed by atoms with van der Waals surface area (Å²) in [5.74, 6) is 0.907. The fourth-order valence-electron chi connectivity index (χ4n) is 3.33. The molecular formula is C19H40N2. The van der Waals surface area contributed by atoms with Crippen molar-refractivity contribution in [1.29, 1.82) is 0 Å². The maximum atomic E-state index is 2.55. The van der Waals surface area contributed by atoms with Crippen LogP contribution < -0.4 is 0 Å². The Hall–Kier alpha value is -0.0800. The van der Waals surface area contributed by atoms with Gasteiger partial charge in [-0.15, -0.1) is 0 Å². The van der Waals surface area contributed by atoms with Crippen LogP contribution in [0.25, 0.3) is 0 Å². The Balaban J connectivity index is 2.24. The molecule has 126 valence electrons. The molecular weight excluding hydrogens is 256 g/mol. The Labute approximate surface area is 134 Å². The molecule has 0 N–H and O–H groups in total. The quantitative estimate of drug-likeness (QED) is 0.634. The molecule has 1 unspecified atom stereocenters. The maximum absolute atomic E-state index is 2.55. The summed E-state index contributed by atoms with van der Waals surface area (Å²) in [5, 5.41) is 0. The van der Waals surface area contributed by atoms with E-state index in [9.17, 15) is 0 Å². The van der Waals surface area contributed by atoms with Gasteiger partial charge in [-0.25, -0.2) is 0 Å². The van der Waals surface area contributed by atoms with Gasteiger partial charge in [0, 0.05) is 0 Å². The van der Waals surface area contributed by atoms with E-state index in [0.717, 1.165) is 5.92 Å². The average molecular weight is 297 g/mol. The number of nitrogens with zero attached hydrogens (tertiary/aromatic N) is 2. The molecule has 2 nitrogen and oxygen atoms in total. The van der Waals surface area contributed by atoms with Crippen molar-refractivity contribution in [2.24, 2.45) is 5.92 Å². The van der Waals surface area contributed by atoms with Gasteiger partial charge in [0.05, 0.1) is 0 Å². The molecule has 0 amide bonds. The molecule has 1 heterocycles. The topological polar surface area (TPSA) is 6.48 Å². The SMILES string of the molecule is CC1CCCCCN(C)CCCCCCCCN(C)CC1. The van der Waals surface area contributed by atoms with Crippen LogP contribution in [0.15, 0.2) is 0 Å². The van der Waals surface area contributed by atoms with Crippen LogP contribution in [-0.2, 0) is 0 Å². The minimum Gasteiger partial charge on any atom is -0.306 e. The van der Waals surface area contributed by atoms with Gasteiger partial charge in [-0.1, -0.05) is 51.9 Å². The van der Waals surface area contributed by atoms with Crippen LogP contribution in [0.1, 0.15) is 77.6 Å². The Bertz CT molecular complexity index is 230. The van der Waals surface area contributed by atoms with E-state index in [1.807, 2.05) is 0 Å². The van der Waals surface area contributed by atoms with E-state index >= 15 is 0 Å². The summed E-state index contributed by atoms with van der Waals surface area (Å²) >= 11 is 0. The second-order valence-corrected chi connectivity index (χ2v) is 7.47. The first-order valence-corrected chi connectivity index (χ1v) is 9.55. The number of hydrogen-bond acceptors (Lipinski definition) is 2. The average Bonchev–Trinajstić information content (AvgIpc) is 2.46. The van der Waals surface area contributed by atoms with E-state index in [4.69, 9.17) is 0 Å². The first kappa shape index (κ1) is 19.0. The van der Waals surface area contributed by atoms with E-state index in [0.29, 0.717) is 0 Å². The van der Waals surface area contributed by atoms with Crippen LogP contribution in [0.2, 0.25) is 0 Å². The van der Waals surface area contributed by atoms with Gasteiger partial charge >= 0.3 is 0 Å². The molecule has 0 radical (unpaired) electrons. The summed E-state index contributed by atoms with van der Waals surface area (Å²) in [5.41, 5.74) is 0. The van der Waals surface area contributed by atoms with Gasteiger partial charge in [-0.3, -0.25) is 0 Å². The van der Waals surface area contributed by atoms with E-state index in [1.54, 1.807) is 0 Å². The molecule has 0 saturated carbocycles. The fraction of sp³-hybridized carbons (Fsp3) is 1.00. The molecule has 1 aliphatic heterocycles. The molecule has 1 fully saturated rings. The highest BCUT2D eigenvalue weighted by atomic mass is 15.1. The summed E-state index contributed by atoms with van der Waals surface area (Å²) in [6, 6.07) is 0. The van der Waals surface area contributed by atoms with Crippen LogP contribution in [0.5, 0.6) is 0 Å². The summed E-state index contributed by atoms with van der Waals surface area (Å²) < 4.78 is 0. The zero-order chi connectivity index (χ0) is 15.3. The highest BCUT2D eigenvalue weighted by Gasteiger charge is 2.06. The van der Waals surface area contributed by atoms with Gasteiger partial charge in [0.2, 0.25) is 0 Å².